The number of esters is 1. The number of fused-ring (bicyclic) bond motifs is 1. The standard InChI is InChI=1S/C25H17ClF3N3O4S/c1-2-35-23(34)19-20(15-5-7-16(26)8-6-15)32-22(33)18(37-24(32)31-21(19)25(27,28)29)13-14-3-9-17(10-4-14)36-12-11-30/h3-10,13,20H,2,12H2,1H3/b18-13-/t20-/m1/s1. The summed E-state index contributed by atoms with van der Waals surface area (Å²) in [6, 6.07) is 12.7. The predicted molar refractivity (Wildman–Crippen MR) is 130 cm³/mol. The molecule has 3 aromatic rings. The number of nitrogens with zero attached hydrogens (tertiary/aromatic N) is 3. The highest BCUT2D eigenvalue weighted by molar-refractivity contribution is 7.07. The maximum atomic E-state index is 14.1. The van der Waals surface area contributed by atoms with Gasteiger partial charge in [0.25, 0.3) is 5.56 Å². The first-order valence-corrected chi connectivity index (χ1v) is 12.0. The molecule has 0 bridgehead atoms. The largest absolute Gasteiger partial charge is 0.479 e. The molecule has 2 heterocycles. The number of halogens is 4. The average Bonchev–Trinajstić information content (AvgIpc) is 3.17. The predicted octanol–water partition coefficient (Wildman–Crippen LogP) is 3.90. The van der Waals surface area contributed by atoms with Crippen LogP contribution < -0.4 is 19.6 Å². The second-order valence-corrected chi connectivity index (χ2v) is 9.08. The molecule has 1 aromatic heterocycles. The van der Waals surface area contributed by atoms with Crippen molar-refractivity contribution in [1.82, 2.24) is 4.57 Å². The summed E-state index contributed by atoms with van der Waals surface area (Å²) in [5.74, 6) is -0.780. The van der Waals surface area contributed by atoms with E-state index in [1.165, 1.54) is 37.3 Å². The lowest BCUT2D eigenvalue weighted by Gasteiger charge is -2.26. The maximum Gasteiger partial charge on any atom is 0.434 e. The normalized spacial score (nSPS) is 15.6. The molecule has 0 N–H and O–H groups in total. The number of hydrogen-bond donors (Lipinski definition) is 0. The highest BCUT2D eigenvalue weighted by Crippen LogP contribution is 2.38. The molecule has 7 nitrogen and oxygen atoms in total. The van der Waals surface area contributed by atoms with Crippen molar-refractivity contribution < 1.29 is 27.4 Å². The number of benzene rings is 2. The Bertz CT molecular complexity index is 1580. The number of alkyl halides is 3. The topological polar surface area (TPSA) is 93.7 Å². The lowest BCUT2D eigenvalue weighted by molar-refractivity contribution is -0.140. The monoisotopic (exact) mass is 547 g/mol. The van der Waals surface area contributed by atoms with Crippen molar-refractivity contribution in [3.8, 4) is 11.8 Å². The van der Waals surface area contributed by atoms with Crippen molar-refractivity contribution in [1.29, 1.82) is 5.26 Å². The van der Waals surface area contributed by atoms with Crippen LogP contribution in [0.15, 0.2) is 69.6 Å². The minimum atomic E-state index is -4.98. The Labute approximate surface area is 217 Å². The fourth-order valence-electron chi connectivity index (χ4n) is 3.73. The summed E-state index contributed by atoms with van der Waals surface area (Å²) in [4.78, 5) is 29.8. The van der Waals surface area contributed by atoms with Gasteiger partial charge >= 0.3 is 12.1 Å². The number of aromatic nitrogens is 1. The molecular formula is C25H17ClF3N3O4S. The smallest absolute Gasteiger partial charge is 0.434 e. The minimum Gasteiger partial charge on any atom is -0.479 e. The van der Waals surface area contributed by atoms with Gasteiger partial charge in [-0.2, -0.15) is 18.4 Å². The molecule has 1 aliphatic rings. The van der Waals surface area contributed by atoms with E-state index in [-0.39, 0.29) is 28.1 Å². The summed E-state index contributed by atoms with van der Waals surface area (Å²) in [6.07, 6.45) is -3.49. The van der Waals surface area contributed by atoms with Crippen LogP contribution in [0.1, 0.15) is 24.1 Å². The fraction of sp³-hybridized carbons (Fsp3) is 0.200. The average molecular weight is 548 g/mol. The number of hydrogen-bond acceptors (Lipinski definition) is 7. The number of carbonyl (C=O) groups excluding carboxylic acids is 1. The Morgan fingerprint density at radius 1 is 1.22 bits per heavy atom. The van der Waals surface area contributed by atoms with Gasteiger partial charge < -0.3 is 9.47 Å². The molecule has 0 radical (unpaired) electrons. The van der Waals surface area contributed by atoms with Gasteiger partial charge in [0.05, 0.1) is 22.8 Å². The van der Waals surface area contributed by atoms with E-state index in [9.17, 15) is 22.8 Å². The third kappa shape index (κ3) is 5.45. The zero-order chi connectivity index (χ0) is 26.7. The second kappa shape index (κ2) is 10.6. The maximum absolute atomic E-state index is 14.1. The second-order valence-electron chi connectivity index (χ2n) is 7.63. The van der Waals surface area contributed by atoms with Crippen LogP contribution in [0, 0.1) is 11.3 Å². The number of rotatable bonds is 6. The minimum absolute atomic E-state index is 0.107. The highest BCUT2D eigenvalue weighted by Gasteiger charge is 2.45. The van der Waals surface area contributed by atoms with Gasteiger partial charge in [0, 0.05) is 5.02 Å². The molecule has 190 valence electrons. The summed E-state index contributed by atoms with van der Waals surface area (Å²) in [6.45, 7) is 1.17. The molecule has 12 heteroatoms. The van der Waals surface area contributed by atoms with E-state index in [0.29, 0.717) is 16.3 Å². The van der Waals surface area contributed by atoms with Crippen LogP contribution in [-0.2, 0) is 9.53 Å². The van der Waals surface area contributed by atoms with Crippen molar-refractivity contribution in [2.75, 3.05) is 13.2 Å². The van der Waals surface area contributed by atoms with Crippen molar-refractivity contribution in [2.24, 2.45) is 4.99 Å². The van der Waals surface area contributed by atoms with Crippen LogP contribution in [0.25, 0.3) is 6.08 Å². The van der Waals surface area contributed by atoms with Crippen LogP contribution in [0.4, 0.5) is 13.2 Å². The Hall–Kier alpha value is -3.88. The number of allylic oxidation sites excluding steroid dienone is 1. The zero-order valence-electron chi connectivity index (χ0n) is 19.1. The van der Waals surface area contributed by atoms with Crippen LogP contribution in [0.2, 0.25) is 5.02 Å². The Kier molecular flexibility index (Phi) is 7.52. The Balaban J connectivity index is 1.94. The van der Waals surface area contributed by atoms with Crippen molar-refractivity contribution in [3.63, 3.8) is 0 Å². The van der Waals surface area contributed by atoms with Gasteiger partial charge in [-0.05, 0) is 48.4 Å². The molecule has 0 fully saturated rings. The Morgan fingerprint density at radius 3 is 2.49 bits per heavy atom. The molecule has 0 saturated heterocycles. The van der Waals surface area contributed by atoms with Crippen LogP contribution >= 0.6 is 22.9 Å². The van der Waals surface area contributed by atoms with E-state index in [0.717, 1.165) is 15.9 Å². The first kappa shape index (κ1) is 26.2. The molecule has 0 aliphatic carbocycles. The van der Waals surface area contributed by atoms with E-state index in [2.05, 4.69) is 4.99 Å². The van der Waals surface area contributed by atoms with Crippen LogP contribution in [0.3, 0.4) is 0 Å². The molecule has 0 saturated carbocycles. The number of carbonyl (C=O) groups is 1. The molecule has 0 spiro atoms. The van der Waals surface area contributed by atoms with Crippen molar-refractivity contribution in [3.05, 3.63) is 95.6 Å². The van der Waals surface area contributed by atoms with E-state index in [1.54, 1.807) is 24.3 Å². The number of ether oxygens (including phenoxy) is 2. The molecule has 0 unspecified atom stereocenters. The summed E-state index contributed by atoms with van der Waals surface area (Å²) >= 11 is 6.73. The van der Waals surface area contributed by atoms with Gasteiger partial charge in [-0.15, -0.1) is 0 Å². The lowest BCUT2D eigenvalue weighted by atomic mass is 9.95. The van der Waals surface area contributed by atoms with E-state index in [4.69, 9.17) is 26.3 Å². The third-order valence-corrected chi connectivity index (χ3v) is 6.50. The van der Waals surface area contributed by atoms with Crippen LogP contribution in [-0.4, -0.2) is 29.9 Å². The van der Waals surface area contributed by atoms with Gasteiger partial charge in [-0.3, -0.25) is 9.36 Å². The molecule has 4 rings (SSSR count). The van der Waals surface area contributed by atoms with E-state index < -0.39 is 35.0 Å². The number of nitriles is 1. The van der Waals surface area contributed by atoms with E-state index in [1.807, 2.05) is 6.07 Å². The van der Waals surface area contributed by atoms with Crippen LogP contribution in [0.5, 0.6) is 5.75 Å². The molecule has 1 aliphatic heterocycles. The van der Waals surface area contributed by atoms with Crippen molar-refractivity contribution >= 4 is 35.0 Å². The summed E-state index contributed by atoms with van der Waals surface area (Å²) in [5.41, 5.74) is -2.03. The first-order chi connectivity index (χ1) is 17.6. The quantitative estimate of drug-likeness (QED) is 0.436. The third-order valence-electron chi connectivity index (χ3n) is 5.26. The van der Waals surface area contributed by atoms with Gasteiger partial charge in [0.2, 0.25) is 0 Å². The summed E-state index contributed by atoms with van der Waals surface area (Å²) < 4.78 is 53.7. The lowest BCUT2D eigenvalue weighted by Crippen LogP contribution is -2.41. The van der Waals surface area contributed by atoms with Gasteiger partial charge in [-0.1, -0.05) is 47.2 Å². The molecule has 2 aromatic carbocycles. The van der Waals surface area contributed by atoms with Gasteiger partial charge in [0.1, 0.15) is 11.8 Å². The number of thiazole rings is 1. The SMILES string of the molecule is CCOC(=O)C1=C(C(F)(F)F)N=c2s/c(=C\c3ccc(OCC#N)cc3)c(=O)n2[C@@H]1c1ccc(Cl)cc1. The highest BCUT2D eigenvalue weighted by atomic mass is 35.5. The van der Waals surface area contributed by atoms with Gasteiger partial charge in [0.15, 0.2) is 17.1 Å². The molecule has 37 heavy (non-hydrogen) atoms. The Morgan fingerprint density at radius 2 is 1.89 bits per heavy atom. The van der Waals surface area contributed by atoms with E-state index >= 15 is 0 Å². The molecule has 1 atom stereocenters. The zero-order valence-corrected chi connectivity index (χ0v) is 20.7. The molecular weight excluding hydrogens is 531 g/mol. The van der Waals surface area contributed by atoms with Gasteiger partial charge in [-0.25, -0.2) is 9.79 Å². The fourth-order valence-corrected chi connectivity index (χ4v) is 4.86. The summed E-state index contributed by atoms with van der Waals surface area (Å²) in [5, 5.41) is 8.95. The molecule has 0 amide bonds. The summed E-state index contributed by atoms with van der Waals surface area (Å²) in [7, 11) is 0. The van der Waals surface area contributed by atoms with Crippen molar-refractivity contribution in [2.45, 2.75) is 19.1 Å². The first-order valence-electron chi connectivity index (χ1n) is 10.8.